The van der Waals surface area contributed by atoms with Crippen molar-refractivity contribution in [2.45, 2.75) is 4.90 Å². The van der Waals surface area contributed by atoms with E-state index < -0.39 is 0 Å². The lowest BCUT2D eigenvalue weighted by Gasteiger charge is -2.07. The van der Waals surface area contributed by atoms with E-state index in [0.717, 1.165) is 0 Å². The Morgan fingerprint density at radius 3 is 2.84 bits per heavy atom. The van der Waals surface area contributed by atoms with Gasteiger partial charge in [-0.15, -0.1) is 22.0 Å². The molecule has 9 heteroatoms. The number of hydrogen-bond acceptors (Lipinski definition) is 7. The zero-order valence-corrected chi connectivity index (χ0v) is 14.6. The Hall–Kier alpha value is -2.52. The number of thioether (sulfide) groups is 1. The van der Waals surface area contributed by atoms with Crippen LogP contribution in [0.5, 0.6) is 0 Å². The summed E-state index contributed by atoms with van der Waals surface area (Å²) in [5.41, 5.74) is 1.97. The second-order valence-corrected chi connectivity index (χ2v) is 6.81. The maximum absolute atomic E-state index is 13.5. The van der Waals surface area contributed by atoms with Crippen molar-refractivity contribution < 1.29 is 9.18 Å². The van der Waals surface area contributed by atoms with Crippen LogP contribution in [-0.4, -0.2) is 33.4 Å². The summed E-state index contributed by atoms with van der Waals surface area (Å²) in [6.45, 7) is 0.627. The molecule has 0 aliphatic carbocycles. The smallest absolute Gasteiger partial charge is 0.259 e. The molecule has 0 spiro atoms. The largest absolute Gasteiger partial charge is 0.369 e. The number of rotatable bonds is 7. The van der Waals surface area contributed by atoms with E-state index in [2.05, 4.69) is 25.8 Å². The molecule has 2 N–H and O–H groups in total. The molecule has 0 atom stereocenters. The third-order valence-electron chi connectivity index (χ3n) is 3.11. The quantitative estimate of drug-likeness (QED) is 0.486. The van der Waals surface area contributed by atoms with Crippen LogP contribution in [0, 0.1) is 5.82 Å². The van der Waals surface area contributed by atoms with Crippen LogP contribution in [0.15, 0.2) is 53.0 Å². The monoisotopic (exact) mass is 375 g/mol. The minimum absolute atomic E-state index is 0.212. The summed E-state index contributed by atoms with van der Waals surface area (Å²) in [7, 11) is 0. The number of pyridine rings is 1. The normalized spacial score (nSPS) is 10.4. The molecule has 0 bridgehead atoms. The van der Waals surface area contributed by atoms with Gasteiger partial charge in [-0.25, -0.2) is 9.37 Å². The van der Waals surface area contributed by atoms with Crippen molar-refractivity contribution in [2.75, 3.05) is 22.9 Å². The van der Waals surface area contributed by atoms with Gasteiger partial charge in [-0.05, 0) is 24.3 Å². The molecule has 1 amide bonds. The molecule has 3 rings (SSSR count). The summed E-state index contributed by atoms with van der Waals surface area (Å²) in [5, 5.41) is 13.6. The highest BCUT2D eigenvalue weighted by atomic mass is 32.2. The lowest BCUT2D eigenvalue weighted by molar-refractivity contribution is 0.102. The van der Waals surface area contributed by atoms with E-state index in [-0.39, 0.29) is 11.7 Å². The second kappa shape index (κ2) is 8.54. The summed E-state index contributed by atoms with van der Waals surface area (Å²) in [4.78, 5) is 16.8. The van der Waals surface area contributed by atoms with Crippen molar-refractivity contribution >= 4 is 40.0 Å². The highest BCUT2D eigenvalue weighted by Gasteiger charge is 2.08. The Labute approximate surface area is 151 Å². The summed E-state index contributed by atoms with van der Waals surface area (Å²) in [6, 6.07) is 10.1. The lowest BCUT2D eigenvalue weighted by Crippen LogP contribution is -2.12. The average Bonchev–Trinajstić information content (AvgIpc) is 3.13. The SMILES string of the molecule is O=C(Nc1nncs1)c1ccc(NCCSc2ccccc2F)nc1. The molecule has 0 unspecified atom stereocenters. The zero-order chi connectivity index (χ0) is 17.5. The van der Waals surface area contributed by atoms with Gasteiger partial charge in [0, 0.05) is 23.4 Å². The Morgan fingerprint density at radius 1 is 1.24 bits per heavy atom. The van der Waals surface area contributed by atoms with E-state index in [4.69, 9.17) is 0 Å². The van der Waals surface area contributed by atoms with Crippen LogP contribution in [0.4, 0.5) is 15.3 Å². The second-order valence-electron chi connectivity index (χ2n) is 4.84. The number of nitrogens with one attached hydrogen (secondary N) is 2. The number of carbonyl (C=O) groups excluding carboxylic acids is 1. The van der Waals surface area contributed by atoms with Gasteiger partial charge in [-0.3, -0.25) is 10.1 Å². The maximum Gasteiger partial charge on any atom is 0.259 e. The van der Waals surface area contributed by atoms with Crippen LogP contribution in [-0.2, 0) is 0 Å². The fourth-order valence-corrected chi connectivity index (χ4v) is 3.18. The molecule has 2 aromatic heterocycles. The van der Waals surface area contributed by atoms with Gasteiger partial charge in [0.05, 0.1) is 5.56 Å². The van der Waals surface area contributed by atoms with Crippen LogP contribution >= 0.6 is 23.1 Å². The molecule has 6 nitrogen and oxygen atoms in total. The number of aromatic nitrogens is 3. The zero-order valence-electron chi connectivity index (χ0n) is 13.0. The number of nitrogens with zero attached hydrogens (tertiary/aromatic N) is 3. The molecular weight excluding hydrogens is 361 g/mol. The predicted octanol–water partition coefficient (Wildman–Crippen LogP) is 3.53. The third kappa shape index (κ3) is 4.97. The summed E-state index contributed by atoms with van der Waals surface area (Å²) >= 11 is 2.68. The number of halogens is 1. The van der Waals surface area contributed by atoms with E-state index in [1.54, 1.807) is 29.8 Å². The third-order valence-corrected chi connectivity index (χ3v) is 4.77. The van der Waals surface area contributed by atoms with Crippen LogP contribution in [0.1, 0.15) is 10.4 Å². The molecule has 0 radical (unpaired) electrons. The molecule has 3 aromatic rings. The number of hydrogen-bond donors (Lipinski definition) is 2. The molecule has 1 aromatic carbocycles. The van der Waals surface area contributed by atoms with E-state index in [0.29, 0.717) is 33.7 Å². The number of anilines is 2. The Bertz CT molecular complexity index is 827. The molecular formula is C16H14FN5OS2. The maximum atomic E-state index is 13.5. The average molecular weight is 375 g/mol. The highest BCUT2D eigenvalue weighted by molar-refractivity contribution is 7.99. The van der Waals surface area contributed by atoms with Crippen molar-refractivity contribution in [1.82, 2.24) is 15.2 Å². The van der Waals surface area contributed by atoms with Crippen molar-refractivity contribution in [3.63, 3.8) is 0 Å². The molecule has 25 heavy (non-hydrogen) atoms. The molecule has 0 saturated carbocycles. The van der Waals surface area contributed by atoms with Gasteiger partial charge in [0.1, 0.15) is 17.1 Å². The van der Waals surface area contributed by atoms with E-state index in [1.165, 1.54) is 35.4 Å². The van der Waals surface area contributed by atoms with Crippen LogP contribution in [0.3, 0.4) is 0 Å². The van der Waals surface area contributed by atoms with Gasteiger partial charge < -0.3 is 5.32 Å². The molecule has 0 aliphatic heterocycles. The van der Waals surface area contributed by atoms with Crippen molar-refractivity contribution in [2.24, 2.45) is 0 Å². The van der Waals surface area contributed by atoms with E-state index >= 15 is 0 Å². The Kier molecular flexibility index (Phi) is 5.91. The number of amides is 1. The van der Waals surface area contributed by atoms with Gasteiger partial charge in [0.15, 0.2) is 0 Å². The summed E-state index contributed by atoms with van der Waals surface area (Å²) < 4.78 is 13.5. The van der Waals surface area contributed by atoms with Gasteiger partial charge >= 0.3 is 0 Å². The highest BCUT2D eigenvalue weighted by Crippen LogP contribution is 2.20. The number of carbonyl (C=O) groups is 1. The summed E-state index contributed by atoms with van der Waals surface area (Å²) in [5.74, 6) is 0.853. The first-order valence-corrected chi connectivity index (χ1v) is 9.23. The van der Waals surface area contributed by atoms with Gasteiger partial charge in [0.25, 0.3) is 5.91 Å². The van der Waals surface area contributed by atoms with Crippen molar-refractivity contribution in [3.8, 4) is 0 Å². The molecule has 2 heterocycles. The fourth-order valence-electron chi connectivity index (χ4n) is 1.93. The predicted molar refractivity (Wildman–Crippen MR) is 97.7 cm³/mol. The van der Waals surface area contributed by atoms with Gasteiger partial charge in [-0.1, -0.05) is 23.5 Å². The molecule has 128 valence electrons. The number of benzene rings is 1. The van der Waals surface area contributed by atoms with Crippen molar-refractivity contribution in [3.05, 3.63) is 59.5 Å². The minimum atomic E-state index is -0.286. The van der Waals surface area contributed by atoms with Crippen molar-refractivity contribution in [1.29, 1.82) is 0 Å². The molecule has 0 aliphatic rings. The van der Waals surface area contributed by atoms with E-state index in [9.17, 15) is 9.18 Å². The first-order valence-electron chi connectivity index (χ1n) is 7.37. The standard InChI is InChI=1S/C16H14FN5OS2/c17-12-3-1-2-4-13(12)24-8-7-18-14-6-5-11(9-19-14)15(23)21-16-22-20-10-25-16/h1-6,9-10H,7-8H2,(H,18,19)(H,21,22,23). The van der Waals surface area contributed by atoms with Crippen LogP contribution in [0.2, 0.25) is 0 Å². The minimum Gasteiger partial charge on any atom is -0.369 e. The Balaban J connectivity index is 1.46. The van der Waals surface area contributed by atoms with Crippen LogP contribution in [0.25, 0.3) is 0 Å². The van der Waals surface area contributed by atoms with Crippen LogP contribution < -0.4 is 10.6 Å². The van der Waals surface area contributed by atoms with Gasteiger partial charge in [-0.2, -0.15) is 0 Å². The first-order chi connectivity index (χ1) is 12.2. The topological polar surface area (TPSA) is 79.8 Å². The first kappa shape index (κ1) is 17.3. The fraction of sp³-hybridized carbons (Fsp3) is 0.125. The molecule has 0 saturated heterocycles. The van der Waals surface area contributed by atoms with E-state index in [1.807, 2.05) is 6.07 Å². The van der Waals surface area contributed by atoms with Gasteiger partial charge in [0.2, 0.25) is 5.13 Å². The molecule has 0 fully saturated rings. The summed E-state index contributed by atoms with van der Waals surface area (Å²) in [6.07, 6.45) is 1.49. The Morgan fingerprint density at radius 2 is 2.12 bits per heavy atom. The lowest BCUT2D eigenvalue weighted by atomic mass is 10.2.